The number of alkyl halides is 2. The fourth-order valence-electron chi connectivity index (χ4n) is 2.91. The lowest BCUT2D eigenvalue weighted by Crippen LogP contribution is -2.30. The molecular formula is C21H20F2N2O5. The Kier molecular flexibility index (Phi) is 6.84. The number of methoxy groups -OCH3 is 1. The van der Waals surface area contributed by atoms with E-state index in [1.165, 1.54) is 13.2 Å². The van der Waals surface area contributed by atoms with Gasteiger partial charge in [0.2, 0.25) is 0 Å². The van der Waals surface area contributed by atoms with Gasteiger partial charge >= 0.3 is 12.6 Å². The van der Waals surface area contributed by atoms with Crippen molar-refractivity contribution in [3.8, 4) is 11.5 Å². The average Bonchev–Trinajstić information content (AvgIpc) is 3.17. The van der Waals surface area contributed by atoms with E-state index in [4.69, 9.17) is 9.47 Å². The molecule has 0 saturated heterocycles. The lowest BCUT2D eigenvalue weighted by atomic mass is 10.1. The number of aromatic nitrogens is 1. The molecule has 0 saturated carbocycles. The molecule has 2 N–H and O–H groups in total. The number of amides is 1. The Balaban J connectivity index is 1.46. The third-order valence-corrected chi connectivity index (χ3v) is 4.32. The van der Waals surface area contributed by atoms with Crippen LogP contribution in [0.4, 0.5) is 8.78 Å². The van der Waals surface area contributed by atoms with Gasteiger partial charge in [-0.1, -0.05) is 24.3 Å². The van der Waals surface area contributed by atoms with E-state index in [0.29, 0.717) is 12.0 Å². The first-order valence-corrected chi connectivity index (χ1v) is 9.09. The Bertz CT molecular complexity index is 1040. The highest BCUT2D eigenvalue weighted by atomic mass is 19.3. The molecule has 0 spiro atoms. The Labute approximate surface area is 170 Å². The van der Waals surface area contributed by atoms with E-state index in [9.17, 15) is 18.4 Å². The van der Waals surface area contributed by atoms with Crippen LogP contribution >= 0.6 is 0 Å². The maximum absolute atomic E-state index is 12.4. The third-order valence-electron chi connectivity index (χ3n) is 4.32. The van der Waals surface area contributed by atoms with Gasteiger partial charge in [-0.25, -0.2) is 4.79 Å². The number of aromatic amines is 1. The average molecular weight is 418 g/mol. The standard InChI is InChI=1S/C21H20F2N2O5/c1-28-18-10-13(6-7-17(18)30-21(22)23)8-9-24-19(26)12-29-20(27)15-11-25-16-5-3-2-4-14(15)16/h2-7,10-11,21,25H,8-9,12H2,1H3,(H,24,26). The first-order valence-electron chi connectivity index (χ1n) is 9.09. The molecule has 0 aliphatic carbocycles. The molecule has 9 heteroatoms. The van der Waals surface area contributed by atoms with Gasteiger partial charge in [-0.15, -0.1) is 0 Å². The molecule has 3 rings (SSSR count). The van der Waals surface area contributed by atoms with Crippen molar-refractivity contribution in [2.45, 2.75) is 13.0 Å². The first-order chi connectivity index (χ1) is 14.5. The summed E-state index contributed by atoms with van der Waals surface area (Å²) < 4.78 is 39.2. The van der Waals surface area contributed by atoms with Crippen molar-refractivity contribution in [2.75, 3.05) is 20.3 Å². The number of benzene rings is 2. The molecule has 158 valence electrons. The molecule has 2 aromatic carbocycles. The summed E-state index contributed by atoms with van der Waals surface area (Å²) in [5, 5.41) is 3.36. The van der Waals surface area contributed by atoms with Gasteiger partial charge in [-0.05, 0) is 30.2 Å². The van der Waals surface area contributed by atoms with Gasteiger partial charge in [0.1, 0.15) is 0 Å². The van der Waals surface area contributed by atoms with E-state index in [1.54, 1.807) is 30.5 Å². The second kappa shape index (κ2) is 9.73. The van der Waals surface area contributed by atoms with E-state index in [1.807, 2.05) is 12.1 Å². The number of H-pyrrole nitrogens is 1. The summed E-state index contributed by atoms with van der Waals surface area (Å²) in [6.07, 6.45) is 1.97. The number of esters is 1. The van der Waals surface area contributed by atoms with Gasteiger partial charge in [0.25, 0.3) is 5.91 Å². The molecule has 0 aliphatic rings. The highest BCUT2D eigenvalue weighted by molar-refractivity contribution is 6.04. The minimum Gasteiger partial charge on any atom is -0.493 e. The number of carbonyl (C=O) groups is 2. The minimum absolute atomic E-state index is 0.0653. The van der Waals surface area contributed by atoms with Gasteiger partial charge in [0, 0.05) is 23.6 Å². The van der Waals surface area contributed by atoms with Crippen LogP contribution in [0.2, 0.25) is 0 Å². The smallest absolute Gasteiger partial charge is 0.387 e. The van der Waals surface area contributed by atoms with Crippen molar-refractivity contribution in [3.63, 3.8) is 0 Å². The third kappa shape index (κ3) is 5.25. The van der Waals surface area contributed by atoms with Crippen molar-refractivity contribution in [2.24, 2.45) is 0 Å². The Morgan fingerprint density at radius 2 is 1.93 bits per heavy atom. The first kappa shape index (κ1) is 21.1. The van der Waals surface area contributed by atoms with E-state index in [-0.39, 0.29) is 18.0 Å². The second-order valence-corrected chi connectivity index (χ2v) is 6.29. The predicted octanol–water partition coefficient (Wildman–Crippen LogP) is 3.29. The van der Waals surface area contributed by atoms with E-state index in [0.717, 1.165) is 16.5 Å². The topological polar surface area (TPSA) is 89.6 Å². The molecule has 0 radical (unpaired) electrons. The zero-order chi connectivity index (χ0) is 21.5. The predicted molar refractivity (Wildman–Crippen MR) is 105 cm³/mol. The zero-order valence-corrected chi connectivity index (χ0v) is 16.1. The van der Waals surface area contributed by atoms with Crippen molar-refractivity contribution >= 4 is 22.8 Å². The summed E-state index contributed by atoms with van der Waals surface area (Å²) in [6.45, 7) is -3.10. The van der Waals surface area contributed by atoms with Crippen LogP contribution in [-0.2, 0) is 16.0 Å². The fourth-order valence-corrected chi connectivity index (χ4v) is 2.91. The number of hydrogen-bond acceptors (Lipinski definition) is 5. The van der Waals surface area contributed by atoms with Crippen LogP contribution in [-0.4, -0.2) is 43.7 Å². The van der Waals surface area contributed by atoms with Crippen molar-refractivity contribution < 1.29 is 32.6 Å². The molecule has 30 heavy (non-hydrogen) atoms. The van der Waals surface area contributed by atoms with Crippen molar-refractivity contribution in [3.05, 3.63) is 59.8 Å². The molecule has 0 fully saturated rings. The number of fused-ring (bicyclic) bond motifs is 1. The zero-order valence-electron chi connectivity index (χ0n) is 16.1. The lowest BCUT2D eigenvalue weighted by molar-refractivity contribution is -0.124. The normalized spacial score (nSPS) is 10.8. The minimum atomic E-state index is -2.95. The van der Waals surface area contributed by atoms with Crippen LogP contribution in [0.1, 0.15) is 15.9 Å². The molecule has 7 nitrogen and oxygen atoms in total. The van der Waals surface area contributed by atoms with Crippen molar-refractivity contribution in [1.82, 2.24) is 10.3 Å². The summed E-state index contributed by atoms with van der Waals surface area (Å²) in [7, 11) is 1.35. The van der Waals surface area contributed by atoms with Crippen molar-refractivity contribution in [1.29, 1.82) is 0 Å². The summed E-state index contributed by atoms with van der Waals surface area (Å²) in [6, 6.07) is 11.8. The molecule has 0 aliphatic heterocycles. The van der Waals surface area contributed by atoms with E-state index in [2.05, 4.69) is 15.0 Å². The summed E-state index contributed by atoms with van der Waals surface area (Å²) in [4.78, 5) is 27.1. The number of hydrogen-bond donors (Lipinski definition) is 2. The van der Waals surface area contributed by atoms with Gasteiger partial charge in [-0.2, -0.15) is 8.78 Å². The quantitative estimate of drug-likeness (QED) is 0.521. The molecular weight excluding hydrogens is 398 g/mol. The number of para-hydroxylation sites is 1. The molecule has 0 unspecified atom stereocenters. The second-order valence-electron chi connectivity index (χ2n) is 6.29. The highest BCUT2D eigenvalue weighted by Crippen LogP contribution is 2.29. The lowest BCUT2D eigenvalue weighted by Gasteiger charge is -2.11. The fraction of sp³-hybridized carbons (Fsp3) is 0.238. The van der Waals surface area contributed by atoms with Crippen LogP contribution in [0.3, 0.4) is 0 Å². The van der Waals surface area contributed by atoms with Gasteiger partial charge in [-0.3, -0.25) is 4.79 Å². The van der Waals surface area contributed by atoms with Gasteiger partial charge in [0.05, 0.1) is 12.7 Å². The summed E-state index contributed by atoms with van der Waals surface area (Å²) in [5.74, 6) is -0.939. The highest BCUT2D eigenvalue weighted by Gasteiger charge is 2.15. The molecule has 1 heterocycles. The Morgan fingerprint density at radius 3 is 2.70 bits per heavy atom. The Morgan fingerprint density at radius 1 is 1.13 bits per heavy atom. The van der Waals surface area contributed by atoms with Gasteiger partial charge in [0.15, 0.2) is 18.1 Å². The van der Waals surface area contributed by atoms with Crippen LogP contribution in [0.25, 0.3) is 10.9 Å². The molecule has 1 amide bonds. The van der Waals surface area contributed by atoms with Crippen LogP contribution < -0.4 is 14.8 Å². The largest absolute Gasteiger partial charge is 0.493 e. The maximum Gasteiger partial charge on any atom is 0.387 e. The number of rotatable bonds is 9. The molecule has 3 aromatic rings. The van der Waals surface area contributed by atoms with E-state index < -0.39 is 25.1 Å². The number of halogens is 2. The van der Waals surface area contributed by atoms with Crippen LogP contribution in [0, 0.1) is 0 Å². The summed E-state index contributed by atoms with van der Waals surface area (Å²) in [5.41, 5.74) is 1.91. The molecule has 1 aromatic heterocycles. The van der Waals surface area contributed by atoms with Crippen LogP contribution in [0.5, 0.6) is 11.5 Å². The van der Waals surface area contributed by atoms with Gasteiger partial charge < -0.3 is 24.5 Å². The molecule has 0 atom stereocenters. The maximum atomic E-state index is 12.4. The van der Waals surface area contributed by atoms with Crippen LogP contribution in [0.15, 0.2) is 48.7 Å². The SMILES string of the molecule is COc1cc(CCNC(=O)COC(=O)c2c[nH]c3ccccc23)ccc1OC(F)F. The van der Waals surface area contributed by atoms with E-state index >= 15 is 0 Å². The monoisotopic (exact) mass is 418 g/mol. The summed E-state index contributed by atoms with van der Waals surface area (Å²) >= 11 is 0. The number of carbonyl (C=O) groups excluding carboxylic acids is 2. The number of ether oxygens (including phenoxy) is 3. The molecule has 0 bridgehead atoms. The number of nitrogens with one attached hydrogen (secondary N) is 2. The Hall–Kier alpha value is -3.62.